The van der Waals surface area contributed by atoms with Crippen molar-refractivity contribution in [1.82, 2.24) is 0 Å². The summed E-state index contributed by atoms with van der Waals surface area (Å²) in [6.07, 6.45) is 1.64. The molecule has 0 N–H and O–H groups in total. The van der Waals surface area contributed by atoms with E-state index in [1.54, 1.807) is 6.08 Å². The van der Waals surface area contributed by atoms with Gasteiger partial charge in [0, 0.05) is 18.4 Å². The second-order valence-corrected chi connectivity index (χ2v) is 3.52. The molecule has 0 fully saturated rings. The fourth-order valence-electron chi connectivity index (χ4n) is 1.68. The lowest BCUT2D eigenvalue weighted by atomic mass is 10.0. The van der Waals surface area contributed by atoms with Gasteiger partial charge in [-0.05, 0) is 12.1 Å². The van der Waals surface area contributed by atoms with Crippen molar-refractivity contribution in [3.05, 3.63) is 51.7 Å². The summed E-state index contributed by atoms with van der Waals surface area (Å²) in [7, 11) is 0. The van der Waals surface area contributed by atoms with E-state index in [2.05, 4.69) is 0 Å². The Balaban J connectivity index is 2.28. The van der Waals surface area contributed by atoms with Crippen molar-refractivity contribution in [2.75, 3.05) is 6.61 Å². The molecule has 0 radical (unpaired) electrons. The first-order valence-corrected chi connectivity index (χ1v) is 4.73. The summed E-state index contributed by atoms with van der Waals surface area (Å²) in [5.41, 5.74) is 1.19. The molecule has 1 aromatic carbocycles. The lowest BCUT2D eigenvalue weighted by molar-refractivity contribution is -0.424. The van der Waals surface area contributed by atoms with E-state index in [1.807, 2.05) is 24.3 Å². The standard InChI is InChI=1S/C11H11NO3/c1-8(12(13)14)6-9-7-15-11-5-3-2-4-10(9)11/h2-6,9H,7H2,1H3/b8-6-. The topological polar surface area (TPSA) is 52.4 Å². The third kappa shape index (κ3) is 1.83. The number of ether oxygens (including phenoxy) is 1. The Bertz CT molecular complexity index is 426. The van der Waals surface area contributed by atoms with Crippen LogP contribution in [0.15, 0.2) is 36.0 Å². The predicted molar refractivity (Wildman–Crippen MR) is 55.4 cm³/mol. The van der Waals surface area contributed by atoms with Gasteiger partial charge in [0.2, 0.25) is 5.70 Å². The van der Waals surface area contributed by atoms with Crippen molar-refractivity contribution >= 4 is 0 Å². The fraction of sp³-hybridized carbons (Fsp3) is 0.273. The Morgan fingerprint density at radius 2 is 2.33 bits per heavy atom. The van der Waals surface area contributed by atoms with Gasteiger partial charge in [0.25, 0.3) is 0 Å². The van der Waals surface area contributed by atoms with Gasteiger partial charge in [0.1, 0.15) is 5.75 Å². The zero-order chi connectivity index (χ0) is 10.8. The maximum absolute atomic E-state index is 10.5. The smallest absolute Gasteiger partial charge is 0.239 e. The molecule has 0 aliphatic carbocycles. The van der Waals surface area contributed by atoms with Gasteiger partial charge in [-0.3, -0.25) is 10.1 Å². The van der Waals surface area contributed by atoms with Crippen molar-refractivity contribution in [2.24, 2.45) is 0 Å². The number of hydrogen-bond acceptors (Lipinski definition) is 3. The monoisotopic (exact) mass is 205 g/mol. The number of hydrogen-bond donors (Lipinski definition) is 0. The molecule has 1 aromatic rings. The van der Waals surface area contributed by atoms with Crippen LogP contribution in [-0.2, 0) is 0 Å². The van der Waals surface area contributed by atoms with E-state index in [-0.39, 0.29) is 16.5 Å². The van der Waals surface area contributed by atoms with Gasteiger partial charge >= 0.3 is 0 Å². The van der Waals surface area contributed by atoms with E-state index >= 15 is 0 Å². The Hall–Kier alpha value is -1.84. The van der Waals surface area contributed by atoms with Crippen LogP contribution in [0.3, 0.4) is 0 Å². The molecule has 1 unspecified atom stereocenters. The van der Waals surface area contributed by atoms with Gasteiger partial charge in [-0.1, -0.05) is 18.2 Å². The highest BCUT2D eigenvalue weighted by atomic mass is 16.6. The molecule has 0 aromatic heterocycles. The molecule has 0 bridgehead atoms. The minimum atomic E-state index is -0.374. The van der Waals surface area contributed by atoms with Crippen molar-refractivity contribution < 1.29 is 9.66 Å². The van der Waals surface area contributed by atoms with Crippen LogP contribution in [0.1, 0.15) is 18.4 Å². The average molecular weight is 205 g/mol. The third-order valence-corrected chi connectivity index (χ3v) is 2.47. The summed E-state index contributed by atoms with van der Waals surface area (Å²) in [5, 5.41) is 10.5. The first-order valence-electron chi connectivity index (χ1n) is 4.73. The SMILES string of the molecule is C/C(=C/C1COc2ccccc21)[N+](=O)[O-]. The first kappa shape index (κ1) is 9.71. The normalized spacial score (nSPS) is 19.5. The van der Waals surface area contributed by atoms with E-state index in [0.29, 0.717) is 6.61 Å². The zero-order valence-corrected chi connectivity index (χ0v) is 8.34. The summed E-state index contributed by atoms with van der Waals surface area (Å²) in [6, 6.07) is 7.63. The van der Waals surface area contributed by atoms with Gasteiger partial charge < -0.3 is 4.74 Å². The second-order valence-electron chi connectivity index (χ2n) is 3.52. The highest BCUT2D eigenvalue weighted by Crippen LogP contribution is 2.34. The summed E-state index contributed by atoms with van der Waals surface area (Å²) in [6.45, 7) is 1.99. The molecule has 2 rings (SSSR count). The number of para-hydroxylation sites is 1. The van der Waals surface area contributed by atoms with E-state index in [4.69, 9.17) is 4.74 Å². The molecule has 15 heavy (non-hydrogen) atoms. The van der Waals surface area contributed by atoms with Crippen LogP contribution < -0.4 is 4.74 Å². The minimum absolute atomic E-state index is 0.00611. The second kappa shape index (κ2) is 3.73. The van der Waals surface area contributed by atoms with Crippen LogP contribution in [-0.4, -0.2) is 11.5 Å². The first-order chi connectivity index (χ1) is 7.18. The average Bonchev–Trinajstić information content (AvgIpc) is 2.62. The Labute approximate surface area is 87.3 Å². The molecule has 78 valence electrons. The van der Waals surface area contributed by atoms with Crippen molar-refractivity contribution in [3.8, 4) is 5.75 Å². The molecule has 1 aliphatic heterocycles. The van der Waals surface area contributed by atoms with Crippen LogP contribution in [0.2, 0.25) is 0 Å². The van der Waals surface area contributed by atoms with Gasteiger partial charge in [-0.15, -0.1) is 0 Å². The molecule has 0 spiro atoms. The Morgan fingerprint density at radius 3 is 3.07 bits per heavy atom. The van der Waals surface area contributed by atoms with Crippen LogP contribution in [0, 0.1) is 10.1 Å². The molecule has 1 atom stereocenters. The van der Waals surface area contributed by atoms with Crippen LogP contribution in [0.25, 0.3) is 0 Å². The van der Waals surface area contributed by atoms with Crippen molar-refractivity contribution in [2.45, 2.75) is 12.8 Å². The summed E-state index contributed by atoms with van der Waals surface area (Å²) in [4.78, 5) is 10.1. The number of nitrogens with zero attached hydrogens (tertiary/aromatic N) is 1. The third-order valence-electron chi connectivity index (χ3n) is 2.47. The molecule has 1 aliphatic rings. The summed E-state index contributed by atoms with van der Waals surface area (Å²) >= 11 is 0. The molecular formula is C11H11NO3. The number of benzene rings is 1. The van der Waals surface area contributed by atoms with Crippen LogP contribution >= 0.6 is 0 Å². The number of nitro groups is 1. The van der Waals surface area contributed by atoms with Crippen molar-refractivity contribution in [1.29, 1.82) is 0 Å². The van der Waals surface area contributed by atoms with E-state index in [0.717, 1.165) is 11.3 Å². The molecule has 0 saturated carbocycles. The Kier molecular flexibility index (Phi) is 2.41. The maximum atomic E-state index is 10.5. The largest absolute Gasteiger partial charge is 0.492 e. The number of fused-ring (bicyclic) bond motifs is 1. The minimum Gasteiger partial charge on any atom is -0.492 e. The lowest BCUT2D eigenvalue weighted by Crippen LogP contribution is -2.01. The molecular weight excluding hydrogens is 194 g/mol. The fourth-order valence-corrected chi connectivity index (χ4v) is 1.68. The highest BCUT2D eigenvalue weighted by Gasteiger charge is 2.23. The van der Waals surface area contributed by atoms with Crippen molar-refractivity contribution in [3.63, 3.8) is 0 Å². The molecule has 0 saturated heterocycles. The van der Waals surface area contributed by atoms with Crippen LogP contribution in [0.5, 0.6) is 5.75 Å². The lowest BCUT2D eigenvalue weighted by Gasteiger charge is -2.00. The Morgan fingerprint density at radius 1 is 1.60 bits per heavy atom. The quantitative estimate of drug-likeness (QED) is 0.550. The summed E-state index contributed by atoms with van der Waals surface area (Å²) < 4.78 is 5.42. The molecule has 4 nitrogen and oxygen atoms in total. The summed E-state index contributed by atoms with van der Waals surface area (Å²) in [5.74, 6) is 0.835. The van der Waals surface area contributed by atoms with Crippen LogP contribution in [0.4, 0.5) is 0 Å². The molecule has 1 heterocycles. The van der Waals surface area contributed by atoms with E-state index < -0.39 is 0 Å². The van der Waals surface area contributed by atoms with Gasteiger partial charge in [0.05, 0.1) is 11.5 Å². The predicted octanol–water partition coefficient (Wildman–Crippen LogP) is 2.34. The number of rotatable bonds is 2. The van der Waals surface area contributed by atoms with E-state index in [1.165, 1.54) is 6.92 Å². The van der Waals surface area contributed by atoms with E-state index in [9.17, 15) is 10.1 Å². The molecule has 4 heteroatoms. The number of allylic oxidation sites excluding steroid dienone is 1. The maximum Gasteiger partial charge on any atom is 0.239 e. The van der Waals surface area contributed by atoms with Gasteiger partial charge in [-0.2, -0.15) is 0 Å². The van der Waals surface area contributed by atoms with Gasteiger partial charge in [0.15, 0.2) is 0 Å². The molecule has 0 amide bonds. The zero-order valence-electron chi connectivity index (χ0n) is 8.34. The highest BCUT2D eigenvalue weighted by molar-refractivity contribution is 5.42. The van der Waals surface area contributed by atoms with Gasteiger partial charge in [-0.25, -0.2) is 0 Å².